The Labute approximate surface area is 253 Å². The molecular formula is C35H45FN2O5. The van der Waals surface area contributed by atoms with E-state index in [9.17, 15) is 19.8 Å². The Morgan fingerprint density at radius 1 is 1.14 bits per heavy atom. The normalized spacial score (nSPS) is 44.0. The molecule has 232 valence electrons. The molecule has 0 bridgehead atoms. The molecule has 9 atom stereocenters. The number of ketones is 2. The smallest absolute Gasteiger partial charge is 0.193 e. The molecule has 2 saturated heterocycles. The van der Waals surface area contributed by atoms with Crippen LogP contribution in [0.1, 0.15) is 58.4 Å². The fourth-order valence-corrected chi connectivity index (χ4v) is 10.8. The summed E-state index contributed by atoms with van der Waals surface area (Å²) in [6.45, 7) is 8.07. The number of rotatable bonds is 5. The van der Waals surface area contributed by atoms with Crippen molar-refractivity contribution in [2.45, 2.75) is 77.2 Å². The van der Waals surface area contributed by atoms with Crippen molar-refractivity contribution in [2.24, 2.45) is 39.9 Å². The number of carbonyl (C=O) groups excluding carboxylic acids is 2. The molecule has 3 saturated carbocycles. The molecule has 2 aliphatic heterocycles. The largest absolute Gasteiger partial charge is 0.393 e. The Morgan fingerprint density at radius 2 is 1.86 bits per heavy atom. The minimum absolute atomic E-state index is 0.189. The molecule has 0 radical (unpaired) electrons. The lowest BCUT2D eigenvalue weighted by Crippen LogP contribution is -2.67. The molecule has 7 nitrogen and oxygen atoms in total. The topological polar surface area (TPSA) is 99.1 Å². The van der Waals surface area contributed by atoms with E-state index in [1.54, 1.807) is 6.08 Å². The van der Waals surface area contributed by atoms with Crippen LogP contribution in [0.25, 0.3) is 0 Å². The van der Waals surface area contributed by atoms with Crippen molar-refractivity contribution in [2.75, 3.05) is 31.3 Å². The number of hydrogen-bond acceptors (Lipinski definition) is 7. The van der Waals surface area contributed by atoms with E-state index in [4.69, 9.17) is 4.84 Å². The molecule has 4 aliphatic carbocycles. The summed E-state index contributed by atoms with van der Waals surface area (Å²) in [5, 5.41) is 27.5. The number of hydroxylamine groups is 1. The number of Topliss-reactive ketones (excluding diaryl/α,β-unsaturated/α-hetero) is 1. The summed E-state index contributed by atoms with van der Waals surface area (Å²) in [4.78, 5) is 32.9. The van der Waals surface area contributed by atoms with Gasteiger partial charge in [0, 0.05) is 22.7 Å². The predicted molar refractivity (Wildman–Crippen MR) is 161 cm³/mol. The standard InChI is InChI=1S/C35H45FN2O5/c1-32-11-8-25(40)15-26(32)28(36)16-27-31(32)29(41)18-34(3)33(27,2)17-23-19-38(43-35(23,34)30(42)20-39)24-6-4-21(5-7-24)14-22-9-12-37-13-10-22/h4-8,11,15,22-23,27-29,31,37,39,41H,9-10,12-14,16-20H2,1-3H3. The van der Waals surface area contributed by atoms with Crippen molar-refractivity contribution in [3.05, 3.63) is 53.6 Å². The van der Waals surface area contributed by atoms with E-state index >= 15 is 4.39 Å². The first-order chi connectivity index (χ1) is 20.5. The number of halogens is 1. The zero-order valence-corrected chi connectivity index (χ0v) is 25.5. The third-order valence-corrected chi connectivity index (χ3v) is 13.0. The van der Waals surface area contributed by atoms with Gasteiger partial charge in [0.15, 0.2) is 17.2 Å². The summed E-state index contributed by atoms with van der Waals surface area (Å²) in [5.74, 6) is -0.670. The first-order valence-electron chi connectivity index (χ1n) is 16.1. The number of nitrogens with zero attached hydrogens (tertiary/aromatic N) is 1. The van der Waals surface area contributed by atoms with Crippen LogP contribution in [0.15, 0.2) is 48.1 Å². The van der Waals surface area contributed by atoms with Crippen molar-refractivity contribution >= 4 is 17.3 Å². The highest BCUT2D eigenvalue weighted by atomic mass is 19.1. The zero-order chi connectivity index (χ0) is 30.4. The van der Waals surface area contributed by atoms with E-state index in [0.29, 0.717) is 24.5 Å². The summed E-state index contributed by atoms with van der Waals surface area (Å²) in [7, 11) is 0. The second kappa shape index (κ2) is 10.1. The summed E-state index contributed by atoms with van der Waals surface area (Å²) < 4.78 is 16.0. The molecule has 43 heavy (non-hydrogen) atoms. The Bertz CT molecular complexity index is 1370. The number of nitrogens with one attached hydrogen (secondary N) is 1. The average molecular weight is 593 g/mol. The SMILES string of the molecule is CC12C=CC(=O)C=C1C(F)CC1C2C(O)CC2(C)C1(C)CC1CN(c3ccc(CC4CCNCC4)cc3)OC12C(=O)CO. The van der Waals surface area contributed by atoms with Gasteiger partial charge in [0.05, 0.1) is 18.3 Å². The van der Waals surface area contributed by atoms with Crippen molar-refractivity contribution < 1.29 is 29.0 Å². The third-order valence-electron chi connectivity index (χ3n) is 13.0. The summed E-state index contributed by atoms with van der Waals surface area (Å²) >= 11 is 0. The quantitative estimate of drug-likeness (QED) is 0.473. The fourth-order valence-electron chi connectivity index (χ4n) is 10.8. The number of aliphatic hydroxyl groups is 2. The van der Waals surface area contributed by atoms with Gasteiger partial charge in [-0.2, -0.15) is 0 Å². The van der Waals surface area contributed by atoms with Gasteiger partial charge in [-0.3, -0.25) is 19.5 Å². The molecule has 3 N–H and O–H groups in total. The second-order valence-electron chi connectivity index (χ2n) is 14.9. The maximum atomic E-state index is 16.0. The van der Waals surface area contributed by atoms with Gasteiger partial charge in [0.1, 0.15) is 12.8 Å². The minimum atomic E-state index is -1.34. The highest BCUT2D eigenvalue weighted by molar-refractivity contribution is 6.01. The highest BCUT2D eigenvalue weighted by Crippen LogP contribution is 2.76. The molecule has 1 aromatic rings. The van der Waals surface area contributed by atoms with Crippen LogP contribution >= 0.6 is 0 Å². The molecular weight excluding hydrogens is 547 g/mol. The van der Waals surface area contributed by atoms with Gasteiger partial charge < -0.3 is 15.5 Å². The Morgan fingerprint density at radius 3 is 2.56 bits per heavy atom. The van der Waals surface area contributed by atoms with Crippen molar-refractivity contribution in [1.29, 1.82) is 0 Å². The van der Waals surface area contributed by atoms with E-state index in [-0.39, 0.29) is 42.2 Å². The monoisotopic (exact) mass is 592 g/mol. The van der Waals surface area contributed by atoms with Crippen LogP contribution in [0.2, 0.25) is 0 Å². The number of aliphatic hydroxyl groups excluding tert-OH is 2. The molecule has 1 aromatic carbocycles. The molecule has 0 amide bonds. The fraction of sp³-hybridized carbons (Fsp3) is 0.657. The van der Waals surface area contributed by atoms with Crippen molar-refractivity contribution in [3.8, 4) is 0 Å². The first kappa shape index (κ1) is 29.3. The van der Waals surface area contributed by atoms with E-state index in [1.807, 2.05) is 18.9 Å². The van der Waals surface area contributed by atoms with E-state index in [0.717, 1.165) is 25.2 Å². The Balaban J connectivity index is 1.21. The van der Waals surface area contributed by atoms with Crippen LogP contribution in [0, 0.1) is 39.9 Å². The third kappa shape index (κ3) is 3.98. The molecule has 0 aromatic heterocycles. The molecule has 5 fully saturated rings. The number of hydrogen-bond donors (Lipinski definition) is 3. The second-order valence-corrected chi connectivity index (χ2v) is 14.9. The molecule has 8 heteroatoms. The van der Waals surface area contributed by atoms with Crippen LogP contribution in [0.5, 0.6) is 0 Å². The minimum Gasteiger partial charge on any atom is -0.393 e. The lowest BCUT2D eigenvalue weighted by atomic mass is 9.41. The number of carbonyl (C=O) groups is 2. The Kier molecular flexibility index (Phi) is 6.86. The molecule has 6 aliphatic rings. The summed E-state index contributed by atoms with van der Waals surface area (Å²) in [6, 6.07) is 8.41. The lowest BCUT2D eigenvalue weighted by molar-refractivity contribution is -0.216. The average Bonchev–Trinajstić information content (AvgIpc) is 3.45. The van der Waals surface area contributed by atoms with E-state index < -0.39 is 40.7 Å². The van der Waals surface area contributed by atoms with Gasteiger partial charge in [0.2, 0.25) is 0 Å². The molecule has 0 spiro atoms. The van der Waals surface area contributed by atoms with Crippen LogP contribution in [0.4, 0.5) is 10.1 Å². The number of alkyl halides is 1. The maximum absolute atomic E-state index is 16.0. The van der Waals surface area contributed by atoms with Gasteiger partial charge in [0.25, 0.3) is 0 Å². The lowest BCUT2D eigenvalue weighted by Gasteiger charge is -2.64. The highest BCUT2D eigenvalue weighted by Gasteiger charge is 2.79. The van der Waals surface area contributed by atoms with Crippen molar-refractivity contribution in [3.63, 3.8) is 0 Å². The molecule has 9 unspecified atom stereocenters. The number of piperidine rings is 1. The van der Waals surface area contributed by atoms with Gasteiger partial charge in [-0.25, -0.2) is 4.39 Å². The summed E-state index contributed by atoms with van der Waals surface area (Å²) in [6.07, 6.45) is 7.08. The zero-order valence-electron chi connectivity index (χ0n) is 25.5. The maximum Gasteiger partial charge on any atom is 0.193 e. The van der Waals surface area contributed by atoms with Crippen LogP contribution < -0.4 is 10.4 Å². The number of anilines is 1. The van der Waals surface area contributed by atoms with Crippen LogP contribution in [0.3, 0.4) is 0 Å². The summed E-state index contributed by atoms with van der Waals surface area (Å²) in [5.41, 5.74) is -0.889. The van der Waals surface area contributed by atoms with Crippen LogP contribution in [-0.4, -0.2) is 65.9 Å². The number of allylic oxidation sites excluding steroid dienone is 4. The van der Waals surface area contributed by atoms with Crippen molar-refractivity contribution in [1.82, 2.24) is 5.32 Å². The Hall–Kier alpha value is -2.39. The van der Waals surface area contributed by atoms with Gasteiger partial charge in [-0.1, -0.05) is 39.0 Å². The van der Waals surface area contributed by atoms with E-state index in [1.165, 1.54) is 30.6 Å². The molecule has 7 rings (SSSR count). The first-order valence-corrected chi connectivity index (χ1v) is 16.1. The van der Waals surface area contributed by atoms with E-state index in [2.05, 4.69) is 36.5 Å². The van der Waals surface area contributed by atoms with Gasteiger partial charge in [-0.05, 0) is 104 Å². The number of benzene rings is 1. The predicted octanol–water partition coefficient (Wildman–Crippen LogP) is 4.12. The van der Waals surface area contributed by atoms with Gasteiger partial charge in [-0.15, -0.1) is 0 Å². The molecule has 2 heterocycles. The van der Waals surface area contributed by atoms with Gasteiger partial charge >= 0.3 is 0 Å². The van der Waals surface area contributed by atoms with Crippen LogP contribution in [-0.2, 0) is 20.8 Å². The number of fused-ring (bicyclic) bond motifs is 7.